The second-order valence-electron chi connectivity index (χ2n) is 9.39. The summed E-state index contributed by atoms with van der Waals surface area (Å²) in [6, 6.07) is 0. The molecule has 0 radical (unpaired) electrons. The summed E-state index contributed by atoms with van der Waals surface area (Å²) in [5, 5.41) is 0.308. The summed E-state index contributed by atoms with van der Waals surface area (Å²) in [4.78, 5) is 0. The van der Waals surface area contributed by atoms with E-state index in [1.807, 2.05) is 0 Å². The Morgan fingerprint density at radius 1 is 0.955 bits per heavy atom. The summed E-state index contributed by atoms with van der Waals surface area (Å²) in [6.45, 7) is 11.7. The van der Waals surface area contributed by atoms with Crippen LogP contribution in [0.5, 0.6) is 0 Å². The van der Waals surface area contributed by atoms with Gasteiger partial charge in [0.1, 0.15) is 6.17 Å². The third-order valence-electron chi connectivity index (χ3n) is 6.45. The van der Waals surface area contributed by atoms with Crippen LogP contribution < -0.4 is 0 Å². The van der Waals surface area contributed by atoms with E-state index < -0.39 is 14.5 Å². The van der Waals surface area contributed by atoms with Crippen molar-refractivity contribution in [1.29, 1.82) is 0 Å². The number of hydrogen-bond donors (Lipinski definition) is 0. The Morgan fingerprint density at radius 2 is 1.59 bits per heavy atom. The SMILES string of the molecule is CC(C)(C)[Si](C)(C)OC1CCC(CC2CCCC(F)C2)CC1. The van der Waals surface area contributed by atoms with Crippen molar-refractivity contribution in [2.45, 2.75) is 109 Å². The van der Waals surface area contributed by atoms with Gasteiger partial charge in [-0.15, -0.1) is 0 Å². The molecular weight excluding hydrogens is 291 g/mol. The topological polar surface area (TPSA) is 9.23 Å². The van der Waals surface area contributed by atoms with E-state index in [0.29, 0.717) is 17.1 Å². The second-order valence-corrected chi connectivity index (χ2v) is 14.1. The molecule has 0 saturated heterocycles. The van der Waals surface area contributed by atoms with Gasteiger partial charge in [0.05, 0.1) is 0 Å². The molecule has 2 aliphatic carbocycles. The maximum atomic E-state index is 13.5. The van der Waals surface area contributed by atoms with Crippen LogP contribution in [0.25, 0.3) is 0 Å². The predicted molar refractivity (Wildman–Crippen MR) is 95.5 cm³/mol. The van der Waals surface area contributed by atoms with Crippen molar-refractivity contribution in [2.75, 3.05) is 0 Å². The van der Waals surface area contributed by atoms with Crippen molar-refractivity contribution in [3.05, 3.63) is 0 Å². The normalized spacial score (nSPS) is 34.6. The van der Waals surface area contributed by atoms with E-state index in [4.69, 9.17) is 4.43 Å². The quantitative estimate of drug-likeness (QED) is 0.536. The molecule has 0 heterocycles. The summed E-state index contributed by atoms with van der Waals surface area (Å²) < 4.78 is 20.1. The summed E-state index contributed by atoms with van der Waals surface area (Å²) in [6.07, 6.45) is 10.3. The lowest BCUT2D eigenvalue weighted by atomic mass is 9.77. The summed E-state index contributed by atoms with van der Waals surface area (Å²) >= 11 is 0. The molecule has 2 rings (SSSR count). The first-order chi connectivity index (χ1) is 10.2. The lowest BCUT2D eigenvalue weighted by molar-refractivity contribution is 0.0996. The van der Waals surface area contributed by atoms with Crippen LogP contribution in [0.2, 0.25) is 18.1 Å². The zero-order valence-electron chi connectivity index (χ0n) is 15.5. The van der Waals surface area contributed by atoms with Gasteiger partial charge in [-0.1, -0.05) is 33.6 Å². The minimum Gasteiger partial charge on any atom is -0.414 e. The molecule has 2 atom stereocenters. The number of halogens is 1. The van der Waals surface area contributed by atoms with Crippen molar-refractivity contribution >= 4 is 8.32 Å². The van der Waals surface area contributed by atoms with Crippen molar-refractivity contribution in [1.82, 2.24) is 0 Å². The lowest BCUT2D eigenvalue weighted by Crippen LogP contribution is -2.44. The van der Waals surface area contributed by atoms with E-state index in [1.54, 1.807) is 0 Å². The van der Waals surface area contributed by atoms with Crippen molar-refractivity contribution < 1.29 is 8.82 Å². The zero-order valence-corrected chi connectivity index (χ0v) is 16.5. The first-order valence-electron chi connectivity index (χ1n) is 9.49. The zero-order chi connectivity index (χ0) is 16.4. The third-order valence-corrected chi connectivity index (χ3v) is 11.0. The van der Waals surface area contributed by atoms with Crippen LogP contribution in [-0.4, -0.2) is 20.6 Å². The molecule has 1 nitrogen and oxygen atoms in total. The highest BCUT2D eigenvalue weighted by Gasteiger charge is 2.40. The largest absolute Gasteiger partial charge is 0.414 e. The molecule has 22 heavy (non-hydrogen) atoms. The van der Waals surface area contributed by atoms with Gasteiger partial charge in [-0.2, -0.15) is 0 Å². The predicted octanol–water partition coefficient (Wildman–Crippen LogP) is 6.49. The Bertz CT molecular complexity index is 342. The van der Waals surface area contributed by atoms with Crippen molar-refractivity contribution in [3.63, 3.8) is 0 Å². The highest BCUT2D eigenvalue weighted by Crippen LogP contribution is 2.41. The van der Waals surface area contributed by atoms with E-state index in [1.165, 1.54) is 38.5 Å². The Kier molecular flexibility index (Phi) is 6.15. The molecular formula is C19H37FOSi. The number of rotatable bonds is 4. The summed E-state index contributed by atoms with van der Waals surface area (Å²) in [7, 11) is -1.62. The Hall–Kier alpha value is 0.107. The van der Waals surface area contributed by atoms with Crippen molar-refractivity contribution in [3.8, 4) is 0 Å². The summed E-state index contributed by atoms with van der Waals surface area (Å²) in [5.74, 6) is 1.49. The molecule has 0 bridgehead atoms. The highest BCUT2D eigenvalue weighted by molar-refractivity contribution is 6.74. The second kappa shape index (κ2) is 7.34. The average Bonchev–Trinajstić information content (AvgIpc) is 2.39. The fourth-order valence-corrected chi connectivity index (χ4v) is 5.41. The third kappa shape index (κ3) is 5.05. The first-order valence-corrected chi connectivity index (χ1v) is 12.4. The number of hydrogen-bond acceptors (Lipinski definition) is 1. The van der Waals surface area contributed by atoms with Gasteiger partial charge in [0.2, 0.25) is 0 Å². The van der Waals surface area contributed by atoms with E-state index in [-0.39, 0.29) is 0 Å². The van der Waals surface area contributed by atoms with Crippen LogP contribution in [0.3, 0.4) is 0 Å². The van der Waals surface area contributed by atoms with E-state index >= 15 is 0 Å². The molecule has 2 fully saturated rings. The highest BCUT2D eigenvalue weighted by atomic mass is 28.4. The Morgan fingerprint density at radius 3 is 2.14 bits per heavy atom. The summed E-state index contributed by atoms with van der Waals surface area (Å²) in [5.41, 5.74) is 0. The molecule has 0 aliphatic heterocycles. The van der Waals surface area contributed by atoms with E-state index in [2.05, 4.69) is 33.9 Å². The molecule has 2 saturated carbocycles. The molecule has 2 aliphatic rings. The van der Waals surface area contributed by atoms with Gasteiger partial charge in [0, 0.05) is 6.10 Å². The maximum Gasteiger partial charge on any atom is 0.192 e. The molecule has 3 heteroatoms. The smallest absolute Gasteiger partial charge is 0.192 e. The monoisotopic (exact) mass is 328 g/mol. The molecule has 2 unspecified atom stereocenters. The van der Waals surface area contributed by atoms with Gasteiger partial charge < -0.3 is 4.43 Å². The maximum absolute atomic E-state index is 13.5. The van der Waals surface area contributed by atoms with Crippen LogP contribution >= 0.6 is 0 Å². The van der Waals surface area contributed by atoms with E-state index in [0.717, 1.165) is 25.2 Å². The molecule has 0 aromatic rings. The van der Waals surface area contributed by atoms with Crippen LogP contribution in [0.15, 0.2) is 0 Å². The lowest BCUT2D eigenvalue weighted by Gasteiger charge is -2.41. The fraction of sp³-hybridized carbons (Fsp3) is 1.00. The average molecular weight is 329 g/mol. The minimum atomic E-state index is -1.62. The van der Waals surface area contributed by atoms with Crippen LogP contribution in [-0.2, 0) is 4.43 Å². The van der Waals surface area contributed by atoms with Gasteiger partial charge in [-0.25, -0.2) is 4.39 Å². The van der Waals surface area contributed by atoms with Crippen LogP contribution in [0.4, 0.5) is 4.39 Å². The molecule has 0 amide bonds. The first kappa shape index (κ1) is 18.4. The van der Waals surface area contributed by atoms with Gasteiger partial charge in [0.15, 0.2) is 8.32 Å². The molecule has 0 N–H and O–H groups in total. The van der Waals surface area contributed by atoms with Gasteiger partial charge in [0.25, 0.3) is 0 Å². The van der Waals surface area contributed by atoms with Crippen molar-refractivity contribution in [2.24, 2.45) is 11.8 Å². The molecule has 0 aromatic heterocycles. The molecule has 130 valence electrons. The molecule has 0 spiro atoms. The fourth-order valence-electron chi connectivity index (χ4n) is 3.99. The van der Waals surface area contributed by atoms with Crippen LogP contribution in [0.1, 0.15) is 78.6 Å². The van der Waals surface area contributed by atoms with Gasteiger partial charge in [-0.3, -0.25) is 0 Å². The van der Waals surface area contributed by atoms with Crippen LogP contribution in [0, 0.1) is 11.8 Å². The number of alkyl halides is 1. The van der Waals surface area contributed by atoms with E-state index in [9.17, 15) is 4.39 Å². The molecule has 0 aromatic carbocycles. The van der Waals surface area contributed by atoms with Gasteiger partial charge in [-0.05, 0) is 74.9 Å². The Labute approximate surface area is 138 Å². The Balaban J connectivity index is 1.74. The minimum absolute atomic E-state index is 0.308. The standard InChI is InChI=1S/C19H37FOSi/c1-19(2,3)22(4,5)21-18-11-9-15(10-12-18)13-16-7-6-8-17(20)14-16/h15-18H,6-14H2,1-5H3. The van der Waals surface area contributed by atoms with Gasteiger partial charge >= 0.3 is 0 Å².